The molecule has 30 heavy (non-hydrogen) atoms. The summed E-state index contributed by atoms with van der Waals surface area (Å²) in [5.41, 5.74) is 0.721. The Kier molecular flexibility index (Phi) is 6.66. The fourth-order valence-corrected chi connectivity index (χ4v) is 3.51. The van der Waals surface area contributed by atoms with Gasteiger partial charge in [0.1, 0.15) is 17.4 Å². The normalized spacial score (nSPS) is 16.1. The highest BCUT2D eigenvalue weighted by atomic mass is 16.5. The topological polar surface area (TPSA) is 106 Å². The van der Waals surface area contributed by atoms with Gasteiger partial charge >= 0.3 is 11.6 Å². The highest BCUT2D eigenvalue weighted by Gasteiger charge is 2.37. The van der Waals surface area contributed by atoms with E-state index in [9.17, 15) is 19.2 Å². The zero-order valence-electron chi connectivity index (χ0n) is 17.0. The van der Waals surface area contributed by atoms with E-state index in [0.717, 1.165) is 5.56 Å². The Labute approximate surface area is 173 Å². The van der Waals surface area contributed by atoms with Crippen LogP contribution >= 0.6 is 0 Å². The van der Waals surface area contributed by atoms with Gasteiger partial charge in [0.05, 0.1) is 13.5 Å². The molecule has 158 valence electrons. The molecule has 1 N–H and O–H groups in total. The van der Waals surface area contributed by atoms with Gasteiger partial charge < -0.3 is 19.4 Å². The van der Waals surface area contributed by atoms with E-state index < -0.39 is 29.5 Å². The number of rotatable bonds is 6. The van der Waals surface area contributed by atoms with Gasteiger partial charge in [0.25, 0.3) is 5.91 Å². The number of esters is 1. The van der Waals surface area contributed by atoms with Crippen molar-refractivity contribution in [2.75, 3.05) is 20.2 Å². The lowest BCUT2D eigenvalue weighted by atomic mass is 10.0. The molecule has 0 bridgehead atoms. The van der Waals surface area contributed by atoms with E-state index in [1.807, 2.05) is 30.3 Å². The van der Waals surface area contributed by atoms with E-state index in [1.54, 1.807) is 13.0 Å². The van der Waals surface area contributed by atoms with Crippen LogP contribution in [-0.2, 0) is 27.2 Å². The highest BCUT2D eigenvalue weighted by Crippen LogP contribution is 2.17. The van der Waals surface area contributed by atoms with Crippen molar-refractivity contribution in [1.29, 1.82) is 0 Å². The van der Waals surface area contributed by atoms with Crippen molar-refractivity contribution < 1.29 is 23.5 Å². The van der Waals surface area contributed by atoms with Gasteiger partial charge in [0.2, 0.25) is 5.91 Å². The minimum Gasteiger partial charge on any atom is -0.469 e. The second kappa shape index (κ2) is 9.39. The van der Waals surface area contributed by atoms with Crippen LogP contribution in [0.25, 0.3) is 0 Å². The van der Waals surface area contributed by atoms with E-state index in [1.165, 1.54) is 12.0 Å². The Morgan fingerprint density at radius 1 is 1.20 bits per heavy atom. The van der Waals surface area contributed by atoms with Crippen LogP contribution in [0, 0.1) is 6.92 Å². The number of hydrogen-bond donors (Lipinski definition) is 1. The average Bonchev–Trinajstić information content (AvgIpc) is 2.73. The van der Waals surface area contributed by atoms with Crippen LogP contribution in [0.5, 0.6) is 0 Å². The number of carbonyl (C=O) groups excluding carboxylic acids is 3. The summed E-state index contributed by atoms with van der Waals surface area (Å²) in [6.45, 7) is 2.08. The van der Waals surface area contributed by atoms with E-state index in [2.05, 4.69) is 10.1 Å². The van der Waals surface area contributed by atoms with Gasteiger partial charge in [-0.3, -0.25) is 14.4 Å². The fourth-order valence-electron chi connectivity index (χ4n) is 3.51. The molecule has 1 aliphatic rings. The molecular weight excluding hydrogens is 388 g/mol. The van der Waals surface area contributed by atoms with E-state index in [0.29, 0.717) is 24.2 Å². The monoisotopic (exact) mass is 412 g/mol. The van der Waals surface area contributed by atoms with Crippen LogP contribution < -0.4 is 10.9 Å². The number of hydrogen-bond acceptors (Lipinski definition) is 6. The third-order valence-corrected chi connectivity index (χ3v) is 5.10. The summed E-state index contributed by atoms with van der Waals surface area (Å²) in [4.78, 5) is 50.8. The number of nitrogens with one attached hydrogen (secondary N) is 1. The lowest BCUT2D eigenvalue weighted by Crippen LogP contribution is -2.58. The van der Waals surface area contributed by atoms with Crippen LogP contribution in [0.15, 0.2) is 45.6 Å². The van der Waals surface area contributed by atoms with Crippen molar-refractivity contribution in [3.05, 3.63) is 69.3 Å². The molecule has 0 saturated carbocycles. The molecule has 2 heterocycles. The first kappa shape index (κ1) is 21.3. The number of amides is 2. The molecule has 1 unspecified atom stereocenters. The number of piperazine rings is 1. The van der Waals surface area contributed by atoms with Crippen molar-refractivity contribution in [3.8, 4) is 0 Å². The second-order valence-electron chi connectivity index (χ2n) is 7.13. The summed E-state index contributed by atoms with van der Waals surface area (Å²) in [6.07, 6.45) is 0.934. The predicted octanol–water partition coefficient (Wildman–Crippen LogP) is 1.24. The molecular formula is C22H24N2O6. The number of benzene rings is 1. The molecule has 8 nitrogen and oxygen atoms in total. The van der Waals surface area contributed by atoms with Crippen molar-refractivity contribution in [2.45, 2.75) is 32.2 Å². The molecule has 1 aromatic heterocycles. The lowest BCUT2D eigenvalue weighted by molar-refractivity contribution is -0.145. The number of aryl methyl sites for hydroxylation is 3. The molecule has 0 radical (unpaired) electrons. The Morgan fingerprint density at radius 3 is 2.60 bits per heavy atom. The van der Waals surface area contributed by atoms with Crippen molar-refractivity contribution in [3.63, 3.8) is 0 Å². The summed E-state index contributed by atoms with van der Waals surface area (Å²) in [7, 11) is 1.21. The van der Waals surface area contributed by atoms with Gasteiger partial charge in [-0.25, -0.2) is 4.79 Å². The molecule has 3 rings (SSSR count). The van der Waals surface area contributed by atoms with Gasteiger partial charge in [-0.2, -0.15) is 0 Å². The Morgan fingerprint density at radius 2 is 1.93 bits per heavy atom. The summed E-state index contributed by atoms with van der Waals surface area (Å²) in [6, 6.07) is 10.4. The van der Waals surface area contributed by atoms with Crippen molar-refractivity contribution in [2.24, 2.45) is 0 Å². The van der Waals surface area contributed by atoms with Crippen molar-refractivity contribution >= 4 is 17.8 Å². The maximum atomic E-state index is 13.1. The maximum Gasteiger partial charge on any atom is 0.349 e. The molecule has 8 heteroatoms. The van der Waals surface area contributed by atoms with E-state index in [4.69, 9.17) is 4.42 Å². The number of ether oxygens (including phenoxy) is 1. The minimum absolute atomic E-state index is 0.122. The minimum atomic E-state index is -1.03. The molecule has 1 fully saturated rings. The zero-order valence-corrected chi connectivity index (χ0v) is 17.0. The molecule has 1 atom stereocenters. The quantitative estimate of drug-likeness (QED) is 0.716. The molecule has 1 aromatic carbocycles. The van der Waals surface area contributed by atoms with E-state index in [-0.39, 0.29) is 25.1 Å². The Balaban J connectivity index is 1.81. The van der Waals surface area contributed by atoms with Crippen LogP contribution in [0.1, 0.15) is 33.7 Å². The van der Waals surface area contributed by atoms with Crippen molar-refractivity contribution in [1.82, 2.24) is 10.2 Å². The Bertz CT molecular complexity index is 998. The number of nitrogens with zero attached hydrogens (tertiary/aromatic N) is 1. The third-order valence-electron chi connectivity index (χ3n) is 5.10. The molecule has 1 saturated heterocycles. The zero-order chi connectivity index (χ0) is 21.7. The lowest BCUT2D eigenvalue weighted by Gasteiger charge is -2.34. The fraction of sp³-hybridized carbons (Fsp3) is 0.364. The molecule has 1 aliphatic heterocycles. The van der Waals surface area contributed by atoms with E-state index >= 15 is 0 Å². The van der Waals surface area contributed by atoms with Crippen LogP contribution in [0.4, 0.5) is 0 Å². The van der Waals surface area contributed by atoms with Gasteiger partial charge in [-0.1, -0.05) is 30.3 Å². The average molecular weight is 412 g/mol. The van der Waals surface area contributed by atoms with Gasteiger partial charge in [-0.15, -0.1) is 0 Å². The first-order chi connectivity index (χ1) is 14.4. The van der Waals surface area contributed by atoms with Gasteiger partial charge in [0, 0.05) is 19.5 Å². The van der Waals surface area contributed by atoms with Crippen LogP contribution in [0.3, 0.4) is 0 Å². The first-order valence-corrected chi connectivity index (χ1v) is 9.73. The largest absolute Gasteiger partial charge is 0.469 e. The number of carbonyl (C=O) groups is 3. The number of methoxy groups -OCH3 is 1. The summed E-state index contributed by atoms with van der Waals surface area (Å²) >= 11 is 0. The summed E-state index contributed by atoms with van der Waals surface area (Å²) in [5.74, 6) is -1.21. The Hall–Kier alpha value is -3.42. The second-order valence-corrected chi connectivity index (χ2v) is 7.13. The van der Waals surface area contributed by atoms with Crippen LogP contribution in [0.2, 0.25) is 0 Å². The SMILES string of the molecule is COC(=O)CC1C(=O)NCCN1C(=O)c1c(C)cc(CCc2ccccc2)oc1=O. The highest BCUT2D eigenvalue weighted by molar-refractivity contribution is 5.99. The molecule has 2 amide bonds. The summed E-state index contributed by atoms with van der Waals surface area (Å²) < 4.78 is 10.0. The van der Waals surface area contributed by atoms with Gasteiger partial charge in [0.15, 0.2) is 0 Å². The first-order valence-electron chi connectivity index (χ1n) is 9.73. The standard InChI is InChI=1S/C22H24N2O6/c1-14-12-16(9-8-15-6-4-3-5-7-15)30-22(28)19(14)21(27)24-11-10-23-20(26)17(24)13-18(25)29-2/h3-7,12,17H,8-11,13H2,1-2H3,(H,23,26). The van der Waals surface area contributed by atoms with Gasteiger partial charge in [-0.05, 0) is 30.5 Å². The molecule has 2 aromatic rings. The smallest absolute Gasteiger partial charge is 0.349 e. The van der Waals surface area contributed by atoms with Crippen LogP contribution in [-0.4, -0.2) is 48.9 Å². The molecule has 0 spiro atoms. The maximum absolute atomic E-state index is 13.1. The predicted molar refractivity (Wildman–Crippen MR) is 108 cm³/mol. The summed E-state index contributed by atoms with van der Waals surface area (Å²) in [5, 5.41) is 2.63. The molecule has 0 aliphatic carbocycles. The third kappa shape index (κ3) is 4.76.